The molecular weight excluding hydrogens is 210 g/mol. The quantitative estimate of drug-likeness (QED) is 0.610. The van der Waals surface area contributed by atoms with E-state index in [9.17, 15) is 9.59 Å². The normalized spacial score (nSPS) is 22.9. The summed E-state index contributed by atoms with van der Waals surface area (Å²) in [6.45, 7) is 4.29. The Hall–Kier alpha value is -1.14. The predicted octanol–water partition coefficient (Wildman–Crippen LogP) is -1.57. The van der Waals surface area contributed by atoms with Gasteiger partial charge in [-0.1, -0.05) is 0 Å². The topological polar surface area (TPSA) is 72.9 Å². The van der Waals surface area contributed by atoms with Crippen molar-refractivity contribution in [2.45, 2.75) is 0 Å². The van der Waals surface area contributed by atoms with E-state index in [4.69, 9.17) is 5.11 Å². The molecule has 2 heterocycles. The number of amides is 1. The van der Waals surface area contributed by atoms with E-state index in [2.05, 4.69) is 5.32 Å². The van der Waals surface area contributed by atoms with E-state index in [0.717, 1.165) is 13.1 Å². The van der Waals surface area contributed by atoms with Crippen molar-refractivity contribution < 1.29 is 14.7 Å². The number of carboxylic acid groups (broad SMARTS) is 1. The number of piperazine rings is 1. The van der Waals surface area contributed by atoms with E-state index in [1.807, 2.05) is 9.80 Å². The fourth-order valence-corrected chi connectivity index (χ4v) is 2.04. The summed E-state index contributed by atoms with van der Waals surface area (Å²) in [6, 6.07) is 0. The van der Waals surface area contributed by atoms with E-state index in [0.29, 0.717) is 26.2 Å². The summed E-state index contributed by atoms with van der Waals surface area (Å²) in [5, 5.41) is 11.7. The maximum absolute atomic E-state index is 11.9. The third-order valence-corrected chi connectivity index (χ3v) is 3.17. The van der Waals surface area contributed by atoms with Crippen molar-refractivity contribution >= 4 is 11.9 Å². The van der Waals surface area contributed by atoms with E-state index < -0.39 is 5.97 Å². The summed E-state index contributed by atoms with van der Waals surface area (Å²) in [7, 11) is 0. The first-order valence-corrected chi connectivity index (χ1v) is 5.60. The van der Waals surface area contributed by atoms with Crippen LogP contribution in [0.4, 0.5) is 0 Å². The van der Waals surface area contributed by atoms with Gasteiger partial charge in [0.25, 0.3) is 0 Å². The van der Waals surface area contributed by atoms with Crippen LogP contribution in [0.1, 0.15) is 0 Å². The molecule has 2 rings (SSSR count). The van der Waals surface area contributed by atoms with E-state index in [1.165, 1.54) is 0 Å². The number of carbonyl (C=O) groups excluding carboxylic acids is 1. The highest BCUT2D eigenvalue weighted by molar-refractivity contribution is 5.80. The fourth-order valence-electron chi connectivity index (χ4n) is 2.04. The van der Waals surface area contributed by atoms with Crippen LogP contribution in [0.15, 0.2) is 0 Å². The lowest BCUT2D eigenvalue weighted by molar-refractivity contribution is -0.141. The van der Waals surface area contributed by atoms with Crippen molar-refractivity contribution in [3.05, 3.63) is 0 Å². The zero-order valence-electron chi connectivity index (χ0n) is 9.19. The van der Waals surface area contributed by atoms with Gasteiger partial charge in [-0.3, -0.25) is 14.5 Å². The summed E-state index contributed by atoms with van der Waals surface area (Å²) in [6.07, 6.45) is 0. The van der Waals surface area contributed by atoms with Crippen LogP contribution in [0.5, 0.6) is 0 Å². The minimum Gasteiger partial charge on any atom is -0.480 e. The Bertz CT molecular complexity index is 283. The molecule has 90 valence electrons. The lowest BCUT2D eigenvalue weighted by Crippen LogP contribution is -2.56. The predicted molar refractivity (Wildman–Crippen MR) is 57.0 cm³/mol. The number of carbonyl (C=O) groups is 2. The van der Waals surface area contributed by atoms with E-state index >= 15 is 0 Å². The Morgan fingerprint density at radius 1 is 1.19 bits per heavy atom. The zero-order chi connectivity index (χ0) is 11.5. The smallest absolute Gasteiger partial charge is 0.317 e. The molecule has 0 aromatic rings. The van der Waals surface area contributed by atoms with Crippen molar-refractivity contribution in [2.24, 2.45) is 5.92 Å². The highest BCUT2D eigenvalue weighted by atomic mass is 16.4. The molecule has 2 N–H and O–H groups in total. The van der Waals surface area contributed by atoms with Gasteiger partial charge < -0.3 is 15.3 Å². The Kier molecular flexibility index (Phi) is 3.40. The minimum atomic E-state index is -0.803. The van der Waals surface area contributed by atoms with Crippen molar-refractivity contribution in [2.75, 3.05) is 45.8 Å². The van der Waals surface area contributed by atoms with Gasteiger partial charge in [-0.25, -0.2) is 0 Å². The van der Waals surface area contributed by atoms with Gasteiger partial charge in [-0.2, -0.15) is 0 Å². The number of hydrogen-bond donors (Lipinski definition) is 2. The molecule has 2 saturated heterocycles. The van der Waals surface area contributed by atoms with Crippen LogP contribution in [0.2, 0.25) is 0 Å². The van der Waals surface area contributed by atoms with Gasteiger partial charge in [-0.05, 0) is 0 Å². The van der Waals surface area contributed by atoms with Crippen molar-refractivity contribution in [1.29, 1.82) is 0 Å². The zero-order valence-corrected chi connectivity index (χ0v) is 9.19. The lowest BCUT2D eigenvalue weighted by Gasteiger charge is -2.37. The molecule has 0 atom stereocenters. The molecule has 6 nitrogen and oxygen atoms in total. The number of rotatable bonds is 3. The first-order valence-electron chi connectivity index (χ1n) is 5.60. The maximum Gasteiger partial charge on any atom is 0.317 e. The third kappa shape index (κ3) is 2.51. The monoisotopic (exact) mass is 227 g/mol. The van der Waals surface area contributed by atoms with Gasteiger partial charge in [0.2, 0.25) is 5.91 Å². The molecule has 0 aromatic heterocycles. The molecular formula is C10H17N3O3. The molecule has 0 unspecified atom stereocenters. The van der Waals surface area contributed by atoms with Crippen molar-refractivity contribution in [3.63, 3.8) is 0 Å². The average Bonchev–Trinajstić information content (AvgIpc) is 2.15. The number of nitrogens with one attached hydrogen (secondary N) is 1. The standard InChI is InChI=1S/C10H17N3O3/c14-9(15)7-12-1-3-13(4-2-12)10(16)8-5-11-6-8/h8,11H,1-7H2,(H,14,15). The van der Waals surface area contributed by atoms with Crippen molar-refractivity contribution in [1.82, 2.24) is 15.1 Å². The van der Waals surface area contributed by atoms with Gasteiger partial charge in [0.15, 0.2) is 0 Å². The first kappa shape index (κ1) is 11.3. The van der Waals surface area contributed by atoms with Gasteiger partial charge in [0, 0.05) is 39.3 Å². The van der Waals surface area contributed by atoms with Crippen LogP contribution in [-0.2, 0) is 9.59 Å². The van der Waals surface area contributed by atoms with Gasteiger partial charge in [0.1, 0.15) is 0 Å². The van der Waals surface area contributed by atoms with Crippen LogP contribution in [0.25, 0.3) is 0 Å². The summed E-state index contributed by atoms with van der Waals surface area (Å²) in [5.74, 6) is -0.442. The lowest BCUT2D eigenvalue weighted by atomic mass is 10.0. The molecule has 6 heteroatoms. The fraction of sp³-hybridized carbons (Fsp3) is 0.800. The molecule has 0 aromatic carbocycles. The van der Waals surface area contributed by atoms with E-state index in [1.54, 1.807) is 0 Å². The van der Waals surface area contributed by atoms with Crippen LogP contribution >= 0.6 is 0 Å². The van der Waals surface area contributed by atoms with Gasteiger partial charge in [-0.15, -0.1) is 0 Å². The number of nitrogens with zero attached hydrogens (tertiary/aromatic N) is 2. The molecule has 1 amide bonds. The second-order valence-corrected chi connectivity index (χ2v) is 4.35. The minimum absolute atomic E-state index is 0.0764. The molecule has 0 saturated carbocycles. The molecule has 2 aliphatic rings. The Balaban J connectivity index is 1.76. The van der Waals surface area contributed by atoms with Crippen molar-refractivity contribution in [3.8, 4) is 0 Å². The first-order chi connectivity index (χ1) is 7.66. The van der Waals surface area contributed by atoms with Crippen LogP contribution < -0.4 is 5.32 Å². The summed E-state index contributed by atoms with van der Waals surface area (Å²) in [4.78, 5) is 26.1. The third-order valence-electron chi connectivity index (χ3n) is 3.17. The molecule has 2 fully saturated rings. The Morgan fingerprint density at radius 3 is 2.25 bits per heavy atom. The molecule has 0 aliphatic carbocycles. The van der Waals surface area contributed by atoms with Gasteiger partial charge >= 0.3 is 5.97 Å². The number of carboxylic acids is 1. The van der Waals surface area contributed by atoms with Crippen LogP contribution in [0.3, 0.4) is 0 Å². The van der Waals surface area contributed by atoms with Gasteiger partial charge in [0.05, 0.1) is 12.5 Å². The average molecular weight is 227 g/mol. The Labute approximate surface area is 94.2 Å². The molecule has 16 heavy (non-hydrogen) atoms. The number of hydrogen-bond acceptors (Lipinski definition) is 4. The maximum atomic E-state index is 11.9. The van der Waals surface area contributed by atoms with E-state index in [-0.39, 0.29) is 18.4 Å². The largest absolute Gasteiger partial charge is 0.480 e. The SMILES string of the molecule is O=C(O)CN1CCN(C(=O)C2CNC2)CC1. The Morgan fingerprint density at radius 2 is 1.81 bits per heavy atom. The molecule has 0 radical (unpaired) electrons. The van der Waals surface area contributed by atoms with Crippen LogP contribution in [0, 0.1) is 5.92 Å². The summed E-state index contributed by atoms with van der Waals surface area (Å²) in [5.41, 5.74) is 0. The highest BCUT2D eigenvalue weighted by Gasteiger charge is 2.31. The molecule has 2 aliphatic heterocycles. The second kappa shape index (κ2) is 4.80. The molecule has 0 bridgehead atoms. The number of aliphatic carboxylic acids is 1. The second-order valence-electron chi connectivity index (χ2n) is 4.35. The molecule has 0 spiro atoms. The summed E-state index contributed by atoms with van der Waals surface area (Å²) >= 11 is 0. The highest BCUT2D eigenvalue weighted by Crippen LogP contribution is 2.10. The van der Waals surface area contributed by atoms with Crippen LogP contribution in [-0.4, -0.2) is 72.6 Å². The summed E-state index contributed by atoms with van der Waals surface area (Å²) < 4.78 is 0.